The molecule has 1 aromatic heterocycles. The van der Waals surface area contributed by atoms with Crippen LogP contribution in [0.4, 0.5) is 18.9 Å². The zero-order chi connectivity index (χ0) is 21.0. The second-order valence-corrected chi connectivity index (χ2v) is 6.52. The molecule has 0 aliphatic heterocycles. The number of halogens is 3. The number of para-hydroxylation sites is 3. The van der Waals surface area contributed by atoms with Crippen molar-refractivity contribution in [2.24, 2.45) is 0 Å². The molecule has 0 atom stereocenters. The lowest BCUT2D eigenvalue weighted by atomic mass is 10.1. The van der Waals surface area contributed by atoms with E-state index in [-0.39, 0.29) is 24.6 Å². The molecule has 9 heteroatoms. The van der Waals surface area contributed by atoms with Crippen LogP contribution in [-0.4, -0.2) is 39.9 Å². The maximum Gasteiger partial charge on any atom is 0.418 e. The van der Waals surface area contributed by atoms with E-state index in [1.165, 1.54) is 30.1 Å². The van der Waals surface area contributed by atoms with E-state index >= 15 is 0 Å². The number of rotatable bonds is 6. The summed E-state index contributed by atoms with van der Waals surface area (Å²) < 4.78 is 40.9. The molecule has 29 heavy (non-hydrogen) atoms. The molecule has 0 radical (unpaired) electrons. The molecule has 3 rings (SSSR count). The third-order valence-electron chi connectivity index (χ3n) is 4.41. The van der Waals surface area contributed by atoms with Gasteiger partial charge in [-0.1, -0.05) is 24.3 Å². The molecule has 0 bridgehead atoms. The van der Waals surface area contributed by atoms with Crippen molar-refractivity contribution in [3.63, 3.8) is 0 Å². The Morgan fingerprint density at radius 1 is 1.10 bits per heavy atom. The van der Waals surface area contributed by atoms with Crippen molar-refractivity contribution in [2.75, 3.05) is 18.9 Å². The summed E-state index contributed by atoms with van der Waals surface area (Å²) in [6, 6.07) is 12.2. The number of hydrogen-bond donors (Lipinski definition) is 1. The molecule has 152 valence electrons. The smallest absolute Gasteiger partial charge is 0.336 e. The number of carbonyl (C=O) groups is 2. The highest BCUT2D eigenvalue weighted by Crippen LogP contribution is 2.34. The van der Waals surface area contributed by atoms with E-state index in [2.05, 4.69) is 10.3 Å². The highest BCUT2D eigenvalue weighted by atomic mass is 19.4. The predicted octanol–water partition coefficient (Wildman–Crippen LogP) is 3.54. The average Bonchev–Trinajstić information content (AvgIpc) is 3.08. The maximum absolute atomic E-state index is 13.0. The summed E-state index contributed by atoms with van der Waals surface area (Å²) in [7, 11) is 1.43. The topological polar surface area (TPSA) is 67.2 Å². The first kappa shape index (κ1) is 20.4. The van der Waals surface area contributed by atoms with Crippen LogP contribution >= 0.6 is 0 Å². The van der Waals surface area contributed by atoms with Crippen LogP contribution in [0.15, 0.2) is 54.9 Å². The molecule has 0 saturated heterocycles. The van der Waals surface area contributed by atoms with E-state index in [0.29, 0.717) is 6.54 Å². The van der Waals surface area contributed by atoms with Crippen molar-refractivity contribution < 1.29 is 22.8 Å². The first-order valence-corrected chi connectivity index (χ1v) is 8.85. The Hall–Kier alpha value is -3.36. The summed E-state index contributed by atoms with van der Waals surface area (Å²) in [5, 5.41) is 2.23. The van der Waals surface area contributed by atoms with Gasteiger partial charge in [-0.25, -0.2) is 4.98 Å². The van der Waals surface area contributed by atoms with Crippen LogP contribution in [0.3, 0.4) is 0 Å². The third-order valence-corrected chi connectivity index (χ3v) is 4.41. The molecule has 0 aliphatic rings. The molecule has 0 unspecified atom stereocenters. The summed E-state index contributed by atoms with van der Waals surface area (Å²) in [4.78, 5) is 29.9. The Bertz CT molecular complexity index is 1030. The van der Waals surface area contributed by atoms with Crippen molar-refractivity contribution >= 4 is 28.5 Å². The zero-order valence-corrected chi connectivity index (χ0v) is 15.6. The first-order valence-electron chi connectivity index (χ1n) is 8.85. The van der Waals surface area contributed by atoms with E-state index < -0.39 is 17.6 Å². The number of benzene rings is 2. The lowest BCUT2D eigenvalue weighted by Crippen LogP contribution is -2.35. The number of fused-ring (bicyclic) bond motifs is 1. The number of nitrogens with one attached hydrogen (secondary N) is 1. The van der Waals surface area contributed by atoms with Crippen LogP contribution in [0, 0.1) is 0 Å². The Kier molecular flexibility index (Phi) is 5.86. The van der Waals surface area contributed by atoms with Gasteiger partial charge in [-0.15, -0.1) is 0 Å². The Balaban J connectivity index is 1.56. The van der Waals surface area contributed by atoms with Crippen molar-refractivity contribution in [1.82, 2.24) is 14.5 Å². The lowest BCUT2D eigenvalue weighted by Gasteiger charge is -2.18. The van der Waals surface area contributed by atoms with Crippen molar-refractivity contribution in [3.8, 4) is 0 Å². The number of hydrogen-bond acceptors (Lipinski definition) is 3. The van der Waals surface area contributed by atoms with E-state index in [4.69, 9.17) is 0 Å². The van der Waals surface area contributed by atoms with Gasteiger partial charge in [0.2, 0.25) is 11.8 Å². The van der Waals surface area contributed by atoms with Gasteiger partial charge in [0.1, 0.15) is 0 Å². The SMILES string of the molecule is CN(CC(=O)Nc1ccccc1C(F)(F)F)C(=O)CCn1cnc2ccccc21. The van der Waals surface area contributed by atoms with Crippen molar-refractivity contribution in [1.29, 1.82) is 0 Å². The number of alkyl halides is 3. The van der Waals surface area contributed by atoms with Crippen LogP contribution in [-0.2, 0) is 22.3 Å². The number of carbonyl (C=O) groups excluding carboxylic acids is 2. The van der Waals surface area contributed by atoms with Gasteiger partial charge in [0.15, 0.2) is 0 Å². The summed E-state index contributed by atoms with van der Waals surface area (Å²) >= 11 is 0. The standard InChI is InChI=1S/C20H19F3N4O2/c1-26(12-18(28)25-15-7-3-2-6-14(15)20(21,22)23)19(29)10-11-27-13-24-16-8-4-5-9-17(16)27/h2-9,13H,10-12H2,1H3,(H,25,28). The van der Waals surface area contributed by atoms with Gasteiger partial charge in [0.05, 0.1) is 35.2 Å². The minimum absolute atomic E-state index is 0.128. The largest absolute Gasteiger partial charge is 0.418 e. The van der Waals surface area contributed by atoms with Crippen LogP contribution < -0.4 is 5.32 Å². The first-order chi connectivity index (χ1) is 13.8. The second-order valence-electron chi connectivity index (χ2n) is 6.52. The molecule has 1 N–H and O–H groups in total. The van der Waals surface area contributed by atoms with Crippen LogP contribution in [0.5, 0.6) is 0 Å². The van der Waals surface area contributed by atoms with Gasteiger partial charge in [-0.3, -0.25) is 9.59 Å². The quantitative estimate of drug-likeness (QED) is 0.683. The average molecular weight is 404 g/mol. The van der Waals surface area contributed by atoms with Gasteiger partial charge in [-0.2, -0.15) is 13.2 Å². The Labute approximate surface area is 164 Å². The Morgan fingerprint density at radius 2 is 1.79 bits per heavy atom. The number of amides is 2. The summed E-state index contributed by atoms with van der Waals surface area (Å²) in [6.45, 7) is 0.0257. The molecule has 6 nitrogen and oxygen atoms in total. The zero-order valence-electron chi connectivity index (χ0n) is 15.6. The van der Waals surface area contributed by atoms with Gasteiger partial charge in [0, 0.05) is 20.0 Å². The van der Waals surface area contributed by atoms with Crippen LogP contribution in [0.1, 0.15) is 12.0 Å². The molecule has 0 spiro atoms. The van der Waals surface area contributed by atoms with E-state index in [1.54, 1.807) is 6.33 Å². The normalized spacial score (nSPS) is 11.4. The maximum atomic E-state index is 13.0. The van der Waals surface area contributed by atoms with Crippen LogP contribution in [0.25, 0.3) is 11.0 Å². The number of anilines is 1. The van der Waals surface area contributed by atoms with E-state index in [1.807, 2.05) is 28.8 Å². The van der Waals surface area contributed by atoms with Crippen molar-refractivity contribution in [3.05, 3.63) is 60.4 Å². The van der Waals surface area contributed by atoms with Gasteiger partial charge >= 0.3 is 6.18 Å². The minimum Gasteiger partial charge on any atom is -0.336 e. The lowest BCUT2D eigenvalue weighted by molar-refractivity contribution is -0.137. The number of imidazole rings is 1. The monoisotopic (exact) mass is 404 g/mol. The minimum atomic E-state index is -4.58. The molecule has 0 aliphatic carbocycles. The van der Waals surface area contributed by atoms with Gasteiger partial charge in [-0.05, 0) is 24.3 Å². The molecule has 2 amide bonds. The molecule has 3 aromatic rings. The molecule has 2 aromatic carbocycles. The molecule has 0 saturated carbocycles. The van der Waals surface area contributed by atoms with E-state index in [9.17, 15) is 22.8 Å². The predicted molar refractivity (Wildman–Crippen MR) is 102 cm³/mol. The summed E-state index contributed by atoms with van der Waals surface area (Å²) in [6.07, 6.45) is -2.82. The van der Waals surface area contributed by atoms with Crippen molar-refractivity contribution in [2.45, 2.75) is 19.1 Å². The molecular weight excluding hydrogens is 385 g/mol. The second kappa shape index (κ2) is 8.34. The fraction of sp³-hybridized carbons (Fsp3) is 0.250. The third kappa shape index (κ3) is 4.92. The summed E-state index contributed by atoms with van der Waals surface area (Å²) in [5.41, 5.74) is 0.436. The number of likely N-dealkylation sites (N-methyl/N-ethyl adjacent to an activating group) is 1. The fourth-order valence-electron chi connectivity index (χ4n) is 2.93. The highest BCUT2D eigenvalue weighted by molar-refractivity contribution is 5.95. The number of nitrogens with zero attached hydrogens (tertiary/aromatic N) is 3. The highest BCUT2D eigenvalue weighted by Gasteiger charge is 2.33. The van der Waals surface area contributed by atoms with E-state index in [0.717, 1.165) is 17.1 Å². The van der Waals surface area contributed by atoms with Gasteiger partial charge in [0.25, 0.3) is 0 Å². The number of aryl methyl sites for hydroxylation is 1. The number of aromatic nitrogens is 2. The summed E-state index contributed by atoms with van der Waals surface area (Å²) in [5.74, 6) is -1.01. The molecule has 0 fully saturated rings. The Morgan fingerprint density at radius 3 is 2.55 bits per heavy atom. The molecular formula is C20H19F3N4O2. The van der Waals surface area contributed by atoms with Crippen LogP contribution in [0.2, 0.25) is 0 Å². The van der Waals surface area contributed by atoms with Gasteiger partial charge < -0.3 is 14.8 Å². The fourth-order valence-corrected chi connectivity index (χ4v) is 2.93. The molecule has 1 heterocycles.